The van der Waals surface area contributed by atoms with E-state index < -0.39 is 5.91 Å². The largest absolute Gasteiger partial charge is 0.297 e. The molecule has 0 aliphatic heterocycles. The monoisotopic (exact) mass is 393 g/mol. The summed E-state index contributed by atoms with van der Waals surface area (Å²) in [6.07, 6.45) is 3.96. The Kier molecular flexibility index (Phi) is 6.02. The molecule has 3 rings (SSSR count). The van der Waals surface area contributed by atoms with Crippen molar-refractivity contribution in [3.63, 3.8) is 0 Å². The number of nitrogens with zero attached hydrogens (tertiary/aromatic N) is 2. The first-order valence-electron chi connectivity index (χ1n) is 8.22. The van der Waals surface area contributed by atoms with Gasteiger partial charge in [-0.05, 0) is 36.3 Å². The highest BCUT2D eigenvalue weighted by Crippen LogP contribution is 2.23. The number of carbonyl (C=O) groups is 1. The molecular formula is C21H16ClN3OS. The molecule has 0 bridgehead atoms. The van der Waals surface area contributed by atoms with Crippen LogP contribution in [-0.4, -0.2) is 10.9 Å². The molecule has 27 heavy (non-hydrogen) atoms. The first-order valence-corrected chi connectivity index (χ1v) is 9.42. The molecule has 1 N–H and O–H groups in total. The van der Waals surface area contributed by atoms with Gasteiger partial charge >= 0.3 is 0 Å². The van der Waals surface area contributed by atoms with Gasteiger partial charge < -0.3 is 0 Å². The van der Waals surface area contributed by atoms with E-state index in [0.717, 1.165) is 21.6 Å². The van der Waals surface area contributed by atoms with Crippen molar-refractivity contribution in [3.05, 3.63) is 86.9 Å². The van der Waals surface area contributed by atoms with Crippen molar-refractivity contribution in [1.82, 2.24) is 4.98 Å². The molecule has 1 aromatic heterocycles. The molecule has 6 heteroatoms. The van der Waals surface area contributed by atoms with E-state index in [4.69, 9.17) is 11.6 Å². The van der Waals surface area contributed by atoms with Crippen LogP contribution in [0.3, 0.4) is 0 Å². The van der Waals surface area contributed by atoms with Crippen molar-refractivity contribution in [2.45, 2.75) is 13.3 Å². The fraction of sp³-hybridized carbons (Fsp3) is 0.0952. The van der Waals surface area contributed by atoms with Gasteiger partial charge in [0, 0.05) is 22.5 Å². The quantitative estimate of drug-likeness (QED) is 0.476. The van der Waals surface area contributed by atoms with Crippen molar-refractivity contribution in [2.24, 2.45) is 0 Å². The van der Waals surface area contributed by atoms with Gasteiger partial charge in [-0.1, -0.05) is 53.6 Å². The Hall–Kier alpha value is -2.94. The molecule has 1 amide bonds. The summed E-state index contributed by atoms with van der Waals surface area (Å²) in [5, 5.41) is 13.1. The number of benzene rings is 2. The standard InChI is InChI=1S/C21H16ClN3OS/c1-14-5-7-15(8-6-14)9-17(12-23)20(26)25-21-24-13-19(27-21)11-16-3-2-4-18(22)10-16/h2-10,13H,11H2,1H3,(H,24,25,26)/b17-9-. The van der Waals surface area contributed by atoms with Crippen molar-refractivity contribution in [1.29, 1.82) is 5.26 Å². The summed E-state index contributed by atoms with van der Waals surface area (Å²) in [7, 11) is 0. The number of nitrogens with one attached hydrogen (secondary N) is 1. The van der Waals surface area contributed by atoms with Crippen molar-refractivity contribution >= 4 is 40.1 Å². The molecular weight excluding hydrogens is 378 g/mol. The Morgan fingerprint density at radius 1 is 1.30 bits per heavy atom. The van der Waals surface area contributed by atoms with Crippen LogP contribution in [0.4, 0.5) is 5.13 Å². The van der Waals surface area contributed by atoms with Gasteiger partial charge in [0.25, 0.3) is 5.91 Å². The smallest absolute Gasteiger partial charge is 0.268 e. The normalized spacial score (nSPS) is 11.1. The molecule has 0 unspecified atom stereocenters. The zero-order valence-electron chi connectivity index (χ0n) is 14.6. The Bertz CT molecular complexity index is 1030. The molecule has 0 radical (unpaired) electrons. The Morgan fingerprint density at radius 2 is 2.07 bits per heavy atom. The molecule has 4 nitrogen and oxygen atoms in total. The third kappa shape index (κ3) is 5.27. The number of hydrogen-bond donors (Lipinski definition) is 1. The minimum absolute atomic E-state index is 0.0328. The second-order valence-electron chi connectivity index (χ2n) is 5.97. The summed E-state index contributed by atoms with van der Waals surface area (Å²) < 4.78 is 0. The van der Waals surface area contributed by atoms with Gasteiger partial charge in [0.15, 0.2) is 5.13 Å². The topological polar surface area (TPSA) is 65.8 Å². The third-order valence-electron chi connectivity index (χ3n) is 3.79. The van der Waals surface area contributed by atoms with Gasteiger partial charge in [0.1, 0.15) is 11.6 Å². The average Bonchev–Trinajstić information content (AvgIpc) is 3.08. The van der Waals surface area contributed by atoms with Crippen molar-refractivity contribution < 1.29 is 4.79 Å². The maximum Gasteiger partial charge on any atom is 0.268 e. The van der Waals surface area contributed by atoms with E-state index in [1.165, 1.54) is 11.3 Å². The van der Waals surface area contributed by atoms with Crippen LogP contribution in [0.15, 0.2) is 60.3 Å². The summed E-state index contributed by atoms with van der Waals surface area (Å²) >= 11 is 7.38. The number of amides is 1. The number of hydrogen-bond acceptors (Lipinski definition) is 4. The SMILES string of the molecule is Cc1ccc(/C=C(/C#N)C(=O)Nc2ncc(Cc3cccc(Cl)c3)s2)cc1. The molecule has 0 fully saturated rings. The highest BCUT2D eigenvalue weighted by Gasteiger charge is 2.12. The molecule has 0 atom stereocenters. The zero-order chi connectivity index (χ0) is 19.2. The molecule has 0 saturated heterocycles. The van der Waals surface area contributed by atoms with Gasteiger partial charge in [-0.2, -0.15) is 5.26 Å². The minimum Gasteiger partial charge on any atom is -0.297 e. The molecule has 3 aromatic rings. The Labute approximate surface area is 166 Å². The van der Waals surface area contributed by atoms with E-state index in [9.17, 15) is 10.1 Å². The van der Waals surface area contributed by atoms with Crippen LogP contribution in [0, 0.1) is 18.3 Å². The molecule has 0 aliphatic carbocycles. The lowest BCUT2D eigenvalue weighted by Gasteiger charge is -2.01. The van der Waals surface area contributed by atoms with Gasteiger partial charge in [-0.25, -0.2) is 4.98 Å². The second kappa shape index (κ2) is 8.63. The predicted octanol–water partition coefficient (Wildman–Crippen LogP) is 5.24. The number of aryl methyl sites for hydroxylation is 1. The first kappa shape index (κ1) is 18.8. The summed E-state index contributed by atoms with van der Waals surface area (Å²) in [5.41, 5.74) is 3.02. The molecule has 1 heterocycles. The predicted molar refractivity (Wildman–Crippen MR) is 110 cm³/mol. The zero-order valence-corrected chi connectivity index (χ0v) is 16.1. The molecule has 0 aliphatic rings. The maximum absolute atomic E-state index is 12.4. The van der Waals surface area contributed by atoms with Crippen LogP contribution in [-0.2, 0) is 11.2 Å². The van der Waals surface area contributed by atoms with Crippen LogP contribution in [0.25, 0.3) is 6.08 Å². The van der Waals surface area contributed by atoms with Crippen LogP contribution < -0.4 is 5.32 Å². The van der Waals surface area contributed by atoms with Gasteiger partial charge in [0.05, 0.1) is 0 Å². The summed E-state index contributed by atoms with van der Waals surface area (Å²) in [5.74, 6) is -0.471. The lowest BCUT2D eigenvalue weighted by atomic mass is 10.1. The van der Waals surface area contributed by atoms with Gasteiger partial charge in [-0.3, -0.25) is 10.1 Å². The number of nitriles is 1. The summed E-state index contributed by atoms with van der Waals surface area (Å²) in [6, 6.07) is 17.2. The van der Waals surface area contributed by atoms with Gasteiger partial charge in [0.2, 0.25) is 0 Å². The first-order chi connectivity index (χ1) is 13.0. The maximum atomic E-state index is 12.4. The van der Waals surface area contributed by atoms with E-state index in [1.807, 2.05) is 61.5 Å². The highest BCUT2D eigenvalue weighted by atomic mass is 35.5. The van der Waals surface area contributed by atoms with Crippen molar-refractivity contribution in [2.75, 3.05) is 5.32 Å². The highest BCUT2D eigenvalue weighted by molar-refractivity contribution is 7.15. The van der Waals surface area contributed by atoms with Crippen LogP contribution in [0.5, 0.6) is 0 Å². The number of aromatic nitrogens is 1. The van der Waals surface area contributed by atoms with E-state index in [0.29, 0.717) is 16.6 Å². The number of thiazole rings is 1. The van der Waals surface area contributed by atoms with Crippen LogP contribution in [0.1, 0.15) is 21.6 Å². The van der Waals surface area contributed by atoms with E-state index in [-0.39, 0.29) is 5.57 Å². The molecule has 0 saturated carbocycles. The van der Waals surface area contributed by atoms with Crippen molar-refractivity contribution in [3.8, 4) is 6.07 Å². The minimum atomic E-state index is -0.471. The average molecular weight is 394 g/mol. The third-order valence-corrected chi connectivity index (χ3v) is 4.94. The molecule has 2 aromatic carbocycles. The summed E-state index contributed by atoms with van der Waals surface area (Å²) in [4.78, 5) is 17.6. The number of rotatable bonds is 5. The van der Waals surface area contributed by atoms with E-state index in [1.54, 1.807) is 12.3 Å². The number of carbonyl (C=O) groups excluding carboxylic acids is 1. The fourth-order valence-electron chi connectivity index (χ4n) is 2.44. The van der Waals surface area contributed by atoms with E-state index >= 15 is 0 Å². The molecule has 134 valence electrons. The molecule has 0 spiro atoms. The Balaban J connectivity index is 1.69. The number of halogens is 1. The Morgan fingerprint density at radius 3 is 2.78 bits per heavy atom. The van der Waals surface area contributed by atoms with E-state index in [2.05, 4.69) is 10.3 Å². The van der Waals surface area contributed by atoms with Crippen LogP contribution in [0.2, 0.25) is 5.02 Å². The number of anilines is 1. The fourth-order valence-corrected chi connectivity index (χ4v) is 3.49. The lowest BCUT2D eigenvalue weighted by molar-refractivity contribution is -0.112. The second-order valence-corrected chi connectivity index (χ2v) is 7.52. The summed E-state index contributed by atoms with van der Waals surface area (Å²) in [6.45, 7) is 1.98. The van der Waals surface area contributed by atoms with Gasteiger partial charge in [-0.15, -0.1) is 11.3 Å². The van der Waals surface area contributed by atoms with Crippen LogP contribution >= 0.6 is 22.9 Å². The lowest BCUT2D eigenvalue weighted by Crippen LogP contribution is -2.13.